The fourth-order valence-corrected chi connectivity index (χ4v) is 3.45. The summed E-state index contributed by atoms with van der Waals surface area (Å²) in [6, 6.07) is 0.768. The van der Waals surface area contributed by atoms with Gasteiger partial charge in [0.25, 0.3) is 0 Å². The van der Waals surface area contributed by atoms with Gasteiger partial charge >= 0.3 is 0 Å². The highest BCUT2D eigenvalue weighted by atomic mass is 15.0. The Morgan fingerprint density at radius 2 is 1.85 bits per heavy atom. The van der Waals surface area contributed by atoms with E-state index in [0.29, 0.717) is 11.3 Å². The van der Waals surface area contributed by atoms with Gasteiger partial charge in [0.15, 0.2) is 0 Å². The normalized spacial score (nSPS) is 27.8. The van der Waals surface area contributed by atoms with E-state index in [0.717, 1.165) is 18.5 Å². The van der Waals surface area contributed by atoms with Gasteiger partial charge in [0, 0.05) is 30.4 Å². The van der Waals surface area contributed by atoms with Gasteiger partial charge in [-0.05, 0) is 49.9 Å². The highest BCUT2D eigenvalue weighted by Gasteiger charge is 2.31. The Kier molecular flexibility index (Phi) is 3.89. The van der Waals surface area contributed by atoms with Gasteiger partial charge in [-0.1, -0.05) is 20.8 Å². The number of aromatic nitrogens is 2. The second kappa shape index (κ2) is 5.51. The predicted molar refractivity (Wildman–Crippen MR) is 82.6 cm³/mol. The van der Waals surface area contributed by atoms with E-state index in [1.807, 2.05) is 6.20 Å². The van der Waals surface area contributed by atoms with Crippen LogP contribution in [0, 0.1) is 11.3 Å². The first kappa shape index (κ1) is 14.1. The molecule has 0 bridgehead atoms. The summed E-state index contributed by atoms with van der Waals surface area (Å²) in [6.07, 6.45) is 10.0. The van der Waals surface area contributed by atoms with Crippen molar-refractivity contribution >= 4 is 0 Å². The molecule has 0 atom stereocenters. The fourth-order valence-electron chi connectivity index (χ4n) is 3.45. The second-order valence-electron chi connectivity index (χ2n) is 7.86. The van der Waals surface area contributed by atoms with E-state index in [4.69, 9.17) is 0 Å². The van der Waals surface area contributed by atoms with Crippen LogP contribution in [0.2, 0.25) is 0 Å². The molecule has 0 radical (unpaired) electrons. The van der Waals surface area contributed by atoms with Crippen LogP contribution in [0.1, 0.15) is 76.7 Å². The van der Waals surface area contributed by atoms with Crippen molar-refractivity contribution < 1.29 is 0 Å². The number of nitrogens with zero attached hydrogens (tertiary/aromatic N) is 1. The minimum Gasteiger partial charge on any atom is -0.345 e. The number of rotatable bonds is 4. The molecule has 3 heteroatoms. The quantitative estimate of drug-likeness (QED) is 0.872. The lowest BCUT2D eigenvalue weighted by Crippen LogP contribution is -2.25. The minimum atomic E-state index is 0.466. The van der Waals surface area contributed by atoms with Gasteiger partial charge in [-0.3, -0.25) is 0 Å². The van der Waals surface area contributed by atoms with Gasteiger partial charge in [0.2, 0.25) is 0 Å². The van der Waals surface area contributed by atoms with Gasteiger partial charge in [-0.15, -0.1) is 0 Å². The van der Waals surface area contributed by atoms with Crippen LogP contribution in [0.3, 0.4) is 0 Å². The molecule has 112 valence electrons. The maximum Gasteiger partial charge on any atom is 0.109 e. The molecule has 2 aliphatic rings. The van der Waals surface area contributed by atoms with Crippen molar-refractivity contribution in [2.24, 2.45) is 11.3 Å². The molecule has 0 saturated heterocycles. The summed E-state index contributed by atoms with van der Waals surface area (Å²) in [5, 5.41) is 3.54. The lowest BCUT2D eigenvalue weighted by Gasteiger charge is -2.36. The van der Waals surface area contributed by atoms with Crippen molar-refractivity contribution in [1.82, 2.24) is 15.3 Å². The molecule has 2 saturated carbocycles. The molecule has 1 aromatic rings. The molecule has 1 heterocycles. The van der Waals surface area contributed by atoms with Crippen molar-refractivity contribution in [1.29, 1.82) is 0 Å². The van der Waals surface area contributed by atoms with E-state index >= 15 is 0 Å². The number of H-pyrrole nitrogens is 1. The first-order chi connectivity index (χ1) is 9.52. The van der Waals surface area contributed by atoms with E-state index < -0.39 is 0 Å². The van der Waals surface area contributed by atoms with Crippen molar-refractivity contribution in [3.63, 3.8) is 0 Å². The molecule has 0 aliphatic heterocycles. The topological polar surface area (TPSA) is 40.7 Å². The summed E-state index contributed by atoms with van der Waals surface area (Å²) in [7, 11) is 0. The Morgan fingerprint density at radius 1 is 1.15 bits per heavy atom. The molecule has 3 nitrogen and oxygen atoms in total. The summed E-state index contributed by atoms with van der Waals surface area (Å²) in [6.45, 7) is 8.10. The molecule has 2 fully saturated rings. The van der Waals surface area contributed by atoms with Gasteiger partial charge < -0.3 is 10.3 Å². The number of nitrogens with one attached hydrogen (secondary N) is 2. The Labute approximate surface area is 123 Å². The minimum absolute atomic E-state index is 0.466. The van der Waals surface area contributed by atoms with Gasteiger partial charge in [0.05, 0.1) is 0 Å². The summed E-state index contributed by atoms with van der Waals surface area (Å²) in [5.74, 6) is 2.76. The maximum atomic E-state index is 4.63. The molecule has 20 heavy (non-hydrogen) atoms. The van der Waals surface area contributed by atoms with Crippen LogP contribution < -0.4 is 5.32 Å². The molecule has 0 amide bonds. The van der Waals surface area contributed by atoms with Crippen molar-refractivity contribution in [2.45, 2.75) is 77.8 Å². The van der Waals surface area contributed by atoms with Crippen LogP contribution >= 0.6 is 0 Å². The first-order valence-corrected chi connectivity index (χ1v) is 8.29. The molecule has 2 aliphatic carbocycles. The third-order valence-electron chi connectivity index (χ3n) is 5.15. The lowest BCUT2D eigenvalue weighted by atomic mass is 9.70. The van der Waals surface area contributed by atoms with Crippen LogP contribution in [0.25, 0.3) is 0 Å². The molecular weight excluding hydrogens is 246 g/mol. The average molecular weight is 275 g/mol. The molecule has 2 N–H and O–H groups in total. The Balaban J connectivity index is 1.52. The SMILES string of the molecule is CC(C)(C)C1CCC(c2ncc(CNC3CC3)[nH]2)CC1. The molecule has 1 aromatic heterocycles. The van der Waals surface area contributed by atoms with E-state index in [2.05, 4.69) is 36.1 Å². The van der Waals surface area contributed by atoms with E-state index in [1.165, 1.54) is 50.0 Å². The second-order valence-corrected chi connectivity index (χ2v) is 7.86. The van der Waals surface area contributed by atoms with Crippen LogP contribution in [0.15, 0.2) is 6.20 Å². The number of imidazole rings is 1. The van der Waals surface area contributed by atoms with Gasteiger partial charge in [-0.25, -0.2) is 4.98 Å². The van der Waals surface area contributed by atoms with Crippen LogP contribution in [0.4, 0.5) is 0 Å². The molecule has 3 rings (SSSR count). The lowest BCUT2D eigenvalue weighted by molar-refractivity contribution is 0.167. The van der Waals surface area contributed by atoms with E-state index in [1.54, 1.807) is 0 Å². The van der Waals surface area contributed by atoms with E-state index in [9.17, 15) is 0 Å². The molecule has 0 spiro atoms. The highest BCUT2D eigenvalue weighted by Crippen LogP contribution is 2.42. The van der Waals surface area contributed by atoms with Crippen molar-refractivity contribution in [3.05, 3.63) is 17.7 Å². The summed E-state index contributed by atoms with van der Waals surface area (Å²) >= 11 is 0. The zero-order valence-electron chi connectivity index (χ0n) is 13.2. The summed E-state index contributed by atoms with van der Waals surface area (Å²) in [5.41, 5.74) is 1.72. The Hall–Kier alpha value is -0.830. The van der Waals surface area contributed by atoms with E-state index in [-0.39, 0.29) is 0 Å². The zero-order chi connectivity index (χ0) is 14.2. The monoisotopic (exact) mass is 275 g/mol. The van der Waals surface area contributed by atoms with Gasteiger partial charge in [0.1, 0.15) is 5.82 Å². The average Bonchev–Trinajstić information content (AvgIpc) is 3.13. The third-order valence-corrected chi connectivity index (χ3v) is 5.15. The number of aromatic amines is 1. The van der Waals surface area contributed by atoms with Crippen molar-refractivity contribution in [2.75, 3.05) is 0 Å². The molecule has 0 unspecified atom stereocenters. The largest absolute Gasteiger partial charge is 0.345 e. The van der Waals surface area contributed by atoms with Crippen LogP contribution in [-0.2, 0) is 6.54 Å². The summed E-state index contributed by atoms with van der Waals surface area (Å²) < 4.78 is 0. The number of hydrogen-bond acceptors (Lipinski definition) is 2. The van der Waals surface area contributed by atoms with Gasteiger partial charge in [-0.2, -0.15) is 0 Å². The third kappa shape index (κ3) is 3.43. The Bertz CT molecular complexity index is 431. The standard InChI is InChI=1S/C17H29N3/c1-17(2,3)13-6-4-12(5-7-13)16-19-11-15(20-16)10-18-14-8-9-14/h11-14,18H,4-10H2,1-3H3,(H,19,20). The first-order valence-electron chi connectivity index (χ1n) is 8.29. The highest BCUT2D eigenvalue weighted by molar-refractivity contribution is 5.07. The fraction of sp³-hybridized carbons (Fsp3) is 0.824. The van der Waals surface area contributed by atoms with Crippen LogP contribution in [0.5, 0.6) is 0 Å². The molecular formula is C17H29N3. The van der Waals surface area contributed by atoms with Crippen molar-refractivity contribution in [3.8, 4) is 0 Å². The Morgan fingerprint density at radius 3 is 2.45 bits per heavy atom. The smallest absolute Gasteiger partial charge is 0.109 e. The zero-order valence-corrected chi connectivity index (χ0v) is 13.2. The predicted octanol–water partition coefficient (Wildman–Crippen LogP) is 3.98. The maximum absolute atomic E-state index is 4.63. The van der Waals surface area contributed by atoms with Crippen LogP contribution in [-0.4, -0.2) is 16.0 Å². The number of hydrogen-bond donors (Lipinski definition) is 2. The molecule has 0 aromatic carbocycles. The summed E-state index contributed by atoms with van der Waals surface area (Å²) in [4.78, 5) is 8.18.